The first-order valence-corrected chi connectivity index (χ1v) is 14.2. The van der Waals surface area contributed by atoms with E-state index in [1.54, 1.807) is 32.0 Å². The van der Waals surface area contributed by atoms with Crippen LogP contribution in [0.4, 0.5) is 5.69 Å². The Kier molecular flexibility index (Phi) is 9.19. The van der Waals surface area contributed by atoms with Crippen LogP contribution in [0.15, 0.2) is 48.5 Å². The van der Waals surface area contributed by atoms with Crippen LogP contribution in [0.2, 0.25) is 5.02 Å². The van der Waals surface area contributed by atoms with Gasteiger partial charge in [0, 0.05) is 17.6 Å². The fraction of sp³-hybridized carbons (Fsp3) is 0.462. The molecule has 0 radical (unpaired) electrons. The predicted molar refractivity (Wildman–Crippen MR) is 140 cm³/mol. The molecule has 1 atom stereocenters. The van der Waals surface area contributed by atoms with Gasteiger partial charge in [0.15, 0.2) is 0 Å². The molecule has 0 saturated heterocycles. The van der Waals surface area contributed by atoms with Crippen LogP contribution in [0.3, 0.4) is 0 Å². The smallest absolute Gasteiger partial charge is 0.244 e. The minimum absolute atomic E-state index is 0.125. The molecule has 9 heteroatoms. The fourth-order valence-corrected chi connectivity index (χ4v) is 5.59. The van der Waals surface area contributed by atoms with Gasteiger partial charge in [-0.25, -0.2) is 8.42 Å². The van der Waals surface area contributed by atoms with Gasteiger partial charge < -0.3 is 10.2 Å². The zero-order chi connectivity index (χ0) is 25.6. The first-order chi connectivity index (χ1) is 16.6. The summed E-state index contributed by atoms with van der Waals surface area (Å²) in [6.07, 6.45) is 5.66. The van der Waals surface area contributed by atoms with E-state index in [9.17, 15) is 18.0 Å². The lowest BCUT2D eigenvalue weighted by molar-refractivity contribution is -0.139. The van der Waals surface area contributed by atoms with Crippen molar-refractivity contribution in [2.45, 2.75) is 58.0 Å². The van der Waals surface area contributed by atoms with Crippen molar-refractivity contribution in [2.24, 2.45) is 0 Å². The Bertz CT molecular complexity index is 1130. The molecular formula is C26H34ClN3O4S. The van der Waals surface area contributed by atoms with Crippen LogP contribution in [0.25, 0.3) is 0 Å². The fourth-order valence-electron chi connectivity index (χ4n) is 4.46. The number of carbonyl (C=O) groups excluding carboxylic acids is 2. The van der Waals surface area contributed by atoms with Crippen molar-refractivity contribution in [3.8, 4) is 0 Å². The van der Waals surface area contributed by atoms with E-state index in [0.717, 1.165) is 41.8 Å². The molecule has 0 unspecified atom stereocenters. The molecule has 0 aromatic heterocycles. The van der Waals surface area contributed by atoms with Gasteiger partial charge in [-0.3, -0.25) is 13.9 Å². The van der Waals surface area contributed by atoms with Crippen molar-refractivity contribution < 1.29 is 18.0 Å². The van der Waals surface area contributed by atoms with E-state index in [1.807, 2.05) is 30.3 Å². The van der Waals surface area contributed by atoms with Gasteiger partial charge >= 0.3 is 0 Å². The quantitative estimate of drug-likeness (QED) is 0.515. The van der Waals surface area contributed by atoms with E-state index in [4.69, 9.17) is 11.6 Å². The highest BCUT2D eigenvalue weighted by Gasteiger charge is 2.31. The van der Waals surface area contributed by atoms with Gasteiger partial charge in [-0.15, -0.1) is 0 Å². The minimum atomic E-state index is -3.77. The number of anilines is 1. The number of aryl methyl sites for hydroxylation is 1. The number of hydrogen-bond donors (Lipinski definition) is 1. The highest BCUT2D eigenvalue weighted by Crippen LogP contribution is 2.26. The molecule has 1 fully saturated rings. The number of nitrogens with one attached hydrogen (secondary N) is 1. The number of nitrogens with zero attached hydrogens (tertiary/aromatic N) is 2. The Labute approximate surface area is 213 Å². The molecule has 3 rings (SSSR count). The first-order valence-electron chi connectivity index (χ1n) is 11.9. The third-order valence-electron chi connectivity index (χ3n) is 6.46. The molecule has 0 bridgehead atoms. The Morgan fingerprint density at radius 3 is 2.37 bits per heavy atom. The van der Waals surface area contributed by atoms with E-state index in [2.05, 4.69) is 5.32 Å². The largest absolute Gasteiger partial charge is 0.352 e. The Morgan fingerprint density at radius 1 is 1.11 bits per heavy atom. The van der Waals surface area contributed by atoms with Gasteiger partial charge in [-0.05, 0) is 62.4 Å². The summed E-state index contributed by atoms with van der Waals surface area (Å²) in [4.78, 5) is 28.1. The second-order valence-electron chi connectivity index (χ2n) is 9.19. The van der Waals surface area contributed by atoms with Crippen LogP contribution in [0, 0.1) is 6.92 Å². The predicted octanol–water partition coefficient (Wildman–Crippen LogP) is 3.93. The summed E-state index contributed by atoms with van der Waals surface area (Å²) in [5.41, 5.74) is 2.05. The highest BCUT2D eigenvalue weighted by atomic mass is 35.5. The van der Waals surface area contributed by atoms with Crippen molar-refractivity contribution in [1.29, 1.82) is 0 Å². The first kappa shape index (κ1) is 27.0. The van der Waals surface area contributed by atoms with Crippen LogP contribution in [-0.2, 0) is 26.0 Å². The lowest BCUT2D eigenvalue weighted by Gasteiger charge is -2.32. The van der Waals surface area contributed by atoms with Crippen LogP contribution < -0.4 is 9.62 Å². The highest BCUT2D eigenvalue weighted by molar-refractivity contribution is 7.92. The number of sulfonamides is 1. The maximum Gasteiger partial charge on any atom is 0.244 e. The second-order valence-corrected chi connectivity index (χ2v) is 11.5. The number of benzene rings is 2. The summed E-state index contributed by atoms with van der Waals surface area (Å²) < 4.78 is 26.4. The zero-order valence-corrected chi connectivity index (χ0v) is 22.1. The SMILES string of the molecule is Cc1cc(Cl)ccc1N(CC(=O)N(CCc1ccccc1)[C@H](C)C(=O)NC1CCCC1)S(C)(=O)=O. The van der Waals surface area contributed by atoms with Crippen molar-refractivity contribution in [2.75, 3.05) is 23.7 Å². The van der Waals surface area contributed by atoms with E-state index < -0.39 is 28.5 Å². The van der Waals surface area contributed by atoms with Crippen molar-refractivity contribution in [3.05, 3.63) is 64.7 Å². The Morgan fingerprint density at radius 2 is 1.77 bits per heavy atom. The van der Waals surface area contributed by atoms with Crippen LogP contribution in [0.1, 0.15) is 43.7 Å². The normalized spacial score (nSPS) is 15.0. The summed E-state index contributed by atoms with van der Waals surface area (Å²) in [5, 5.41) is 3.54. The van der Waals surface area contributed by atoms with E-state index in [0.29, 0.717) is 29.2 Å². The Hall–Kier alpha value is -2.58. The molecule has 0 heterocycles. The molecule has 2 amide bonds. The average Bonchev–Trinajstić information content (AvgIpc) is 3.31. The van der Waals surface area contributed by atoms with E-state index in [1.165, 1.54) is 4.90 Å². The summed E-state index contributed by atoms with van der Waals surface area (Å²) in [6, 6.07) is 13.9. The third kappa shape index (κ3) is 7.45. The molecule has 1 saturated carbocycles. The van der Waals surface area contributed by atoms with Gasteiger partial charge in [0.25, 0.3) is 0 Å². The molecule has 7 nitrogen and oxygen atoms in total. The zero-order valence-electron chi connectivity index (χ0n) is 20.5. The number of rotatable bonds is 10. The van der Waals surface area contributed by atoms with Gasteiger partial charge in [-0.1, -0.05) is 54.8 Å². The van der Waals surface area contributed by atoms with Crippen molar-refractivity contribution in [3.63, 3.8) is 0 Å². The van der Waals surface area contributed by atoms with Crippen LogP contribution in [0.5, 0.6) is 0 Å². The van der Waals surface area contributed by atoms with E-state index in [-0.39, 0.29) is 11.9 Å². The lowest BCUT2D eigenvalue weighted by Crippen LogP contribution is -2.53. The number of halogens is 1. The van der Waals surface area contributed by atoms with Gasteiger partial charge in [0.1, 0.15) is 12.6 Å². The monoisotopic (exact) mass is 519 g/mol. The van der Waals surface area contributed by atoms with Crippen LogP contribution in [-0.4, -0.2) is 56.6 Å². The molecule has 35 heavy (non-hydrogen) atoms. The molecule has 0 aliphatic heterocycles. The maximum atomic E-state index is 13.6. The molecule has 0 spiro atoms. The molecule has 1 aliphatic carbocycles. The molecule has 2 aromatic carbocycles. The molecular weight excluding hydrogens is 486 g/mol. The standard InChI is InChI=1S/C26H34ClN3O4S/c1-19-17-22(27)13-14-24(19)30(35(3,33)34)18-25(31)29(16-15-21-9-5-4-6-10-21)20(2)26(32)28-23-11-7-8-12-23/h4-6,9-10,13-14,17,20,23H,7-8,11-12,15-16,18H2,1-3H3,(H,28,32)/t20-/m1/s1. The minimum Gasteiger partial charge on any atom is -0.352 e. The van der Waals surface area contributed by atoms with Crippen LogP contribution >= 0.6 is 11.6 Å². The molecule has 2 aromatic rings. The number of hydrogen-bond acceptors (Lipinski definition) is 4. The maximum absolute atomic E-state index is 13.6. The molecule has 1 aliphatic rings. The third-order valence-corrected chi connectivity index (χ3v) is 7.82. The van der Waals surface area contributed by atoms with Crippen molar-refractivity contribution >= 4 is 39.1 Å². The molecule has 1 N–H and O–H groups in total. The molecule has 190 valence electrons. The lowest BCUT2D eigenvalue weighted by atomic mass is 10.1. The Balaban J connectivity index is 1.84. The summed E-state index contributed by atoms with van der Waals surface area (Å²) in [5.74, 6) is -0.651. The number of amides is 2. The number of carbonyl (C=O) groups is 2. The summed E-state index contributed by atoms with van der Waals surface area (Å²) >= 11 is 6.05. The van der Waals surface area contributed by atoms with Gasteiger partial charge in [-0.2, -0.15) is 0 Å². The summed E-state index contributed by atoms with van der Waals surface area (Å²) in [7, 11) is -3.77. The van der Waals surface area contributed by atoms with Crippen molar-refractivity contribution in [1.82, 2.24) is 10.2 Å². The topological polar surface area (TPSA) is 86.8 Å². The van der Waals surface area contributed by atoms with E-state index >= 15 is 0 Å². The van der Waals surface area contributed by atoms with Gasteiger partial charge in [0.05, 0.1) is 11.9 Å². The van der Waals surface area contributed by atoms with Gasteiger partial charge in [0.2, 0.25) is 21.8 Å². The summed E-state index contributed by atoms with van der Waals surface area (Å²) in [6.45, 7) is 3.33. The second kappa shape index (κ2) is 11.9. The average molecular weight is 520 g/mol.